The second-order valence-electron chi connectivity index (χ2n) is 6.37. The van der Waals surface area contributed by atoms with Crippen LogP contribution in [0.2, 0.25) is 10.0 Å². The number of carbonyl (C=O) groups excluding carboxylic acids is 3. The van der Waals surface area contributed by atoms with E-state index in [-0.39, 0.29) is 36.2 Å². The van der Waals surface area contributed by atoms with E-state index in [0.717, 1.165) is 10.5 Å². The maximum Gasteiger partial charge on any atom is 0.240 e. The Balaban J connectivity index is 1.64. The van der Waals surface area contributed by atoms with E-state index in [9.17, 15) is 14.4 Å². The molecule has 1 N–H and O–H groups in total. The molecule has 3 amide bonds. The molecule has 5 nitrogen and oxygen atoms in total. The Kier molecular flexibility index (Phi) is 5.16. The number of halogens is 2. The molecule has 1 aromatic carbocycles. The van der Waals surface area contributed by atoms with E-state index in [1.165, 1.54) is 0 Å². The Bertz CT molecular complexity index is 737. The highest BCUT2D eigenvalue weighted by molar-refractivity contribution is 6.35. The number of hydrogen-bond acceptors (Lipinski definition) is 3. The SMILES string of the molecule is C[C@@H](NC(=O)CN1C(=O)[C@H]2CC=CC[C@@H]2C1=O)c1ccc(Cl)cc1Cl. The first-order valence-electron chi connectivity index (χ1n) is 8.13. The highest BCUT2D eigenvalue weighted by atomic mass is 35.5. The summed E-state index contributed by atoms with van der Waals surface area (Å²) in [6.07, 6.45) is 4.95. The molecule has 1 aromatic rings. The monoisotopic (exact) mass is 380 g/mol. The smallest absolute Gasteiger partial charge is 0.240 e. The number of amides is 3. The van der Waals surface area contributed by atoms with Crippen molar-refractivity contribution in [1.29, 1.82) is 0 Å². The number of fused-ring (bicyclic) bond motifs is 1. The van der Waals surface area contributed by atoms with Gasteiger partial charge in [-0.2, -0.15) is 0 Å². The first kappa shape index (κ1) is 18.0. The number of carbonyl (C=O) groups is 3. The van der Waals surface area contributed by atoms with Gasteiger partial charge in [0.05, 0.1) is 17.9 Å². The molecule has 3 rings (SSSR count). The Morgan fingerprint density at radius 1 is 1.20 bits per heavy atom. The zero-order chi connectivity index (χ0) is 18.1. The van der Waals surface area contributed by atoms with Gasteiger partial charge in [0.15, 0.2) is 0 Å². The predicted octanol–water partition coefficient (Wildman–Crippen LogP) is 3.12. The van der Waals surface area contributed by atoms with Crippen molar-refractivity contribution in [3.8, 4) is 0 Å². The molecule has 1 heterocycles. The molecule has 1 saturated heterocycles. The molecule has 1 aliphatic heterocycles. The summed E-state index contributed by atoms with van der Waals surface area (Å²) < 4.78 is 0. The molecule has 25 heavy (non-hydrogen) atoms. The largest absolute Gasteiger partial charge is 0.348 e. The van der Waals surface area contributed by atoms with E-state index in [2.05, 4.69) is 5.32 Å². The first-order chi connectivity index (χ1) is 11.9. The van der Waals surface area contributed by atoms with E-state index >= 15 is 0 Å². The van der Waals surface area contributed by atoms with Crippen LogP contribution in [-0.4, -0.2) is 29.2 Å². The molecule has 2 aliphatic rings. The van der Waals surface area contributed by atoms with E-state index in [4.69, 9.17) is 23.2 Å². The van der Waals surface area contributed by atoms with Crippen LogP contribution in [0.3, 0.4) is 0 Å². The van der Waals surface area contributed by atoms with Crippen LogP contribution in [0.1, 0.15) is 31.4 Å². The molecule has 132 valence electrons. The molecular formula is C18H18Cl2N2O3. The fraction of sp³-hybridized carbons (Fsp3) is 0.389. The third kappa shape index (κ3) is 3.58. The fourth-order valence-electron chi connectivity index (χ4n) is 3.39. The molecule has 0 saturated carbocycles. The average Bonchev–Trinajstić information content (AvgIpc) is 2.80. The second kappa shape index (κ2) is 7.18. The molecule has 0 aromatic heterocycles. The lowest BCUT2D eigenvalue weighted by atomic mass is 9.85. The number of likely N-dealkylation sites (tertiary alicyclic amines) is 1. The van der Waals surface area contributed by atoms with Gasteiger partial charge in [0, 0.05) is 10.0 Å². The van der Waals surface area contributed by atoms with Crippen molar-refractivity contribution in [1.82, 2.24) is 10.2 Å². The van der Waals surface area contributed by atoms with E-state index < -0.39 is 5.91 Å². The summed E-state index contributed by atoms with van der Waals surface area (Å²) >= 11 is 12.0. The lowest BCUT2D eigenvalue weighted by Gasteiger charge is -2.19. The van der Waals surface area contributed by atoms with Crippen LogP contribution in [0.15, 0.2) is 30.4 Å². The van der Waals surface area contributed by atoms with Crippen LogP contribution in [0.5, 0.6) is 0 Å². The van der Waals surface area contributed by atoms with Gasteiger partial charge in [0.1, 0.15) is 6.54 Å². The molecule has 0 unspecified atom stereocenters. The topological polar surface area (TPSA) is 66.5 Å². The summed E-state index contributed by atoms with van der Waals surface area (Å²) in [6.45, 7) is 1.52. The van der Waals surface area contributed by atoms with Crippen molar-refractivity contribution >= 4 is 40.9 Å². The van der Waals surface area contributed by atoms with Crippen molar-refractivity contribution in [2.75, 3.05) is 6.54 Å². The Morgan fingerprint density at radius 3 is 2.36 bits per heavy atom. The zero-order valence-corrected chi connectivity index (χ0v) is 15.2. The van der Waals surface area contributed by atoms with E-state index in [1.807, 2.05) is 12.2 Å². The molecule has 1 aliphatic carbocycles. The maximum absolute atomic E-state index is 12.4. The van der Waals surface area contributed by atoms with Gasteiger partial charge in [-0.05, 0) is 37.5 Å². The Hall–Kier alpha value is -1.85. The van der Waals surface area contributed by atoms with Crippen LogP contribution in [0, 0.1) is 11.8 Å². The summed E-state index contributed by atoms with van der Waals surface area (Å²) in [6, 6.07) is 4.67. The average molecular weight is 381 g/mol. The van der Waals surface area contributed by atoms with E-state index in [1.54, 1.807) is 25.1 Å². The van der Waals surface area contributed by atoms with Crippen molar-refractivity contribution in [3.05, 3.63) is 46.0 Å². The number of benzene rings is 1. The summed E-state index contributed by atoms with van der Waals surface area (Å²) in [5.41, 5.74) is 0.719. The highest BCUT2D eigenvalue weighted by Crippen LogP contribution is 2.35. The molecule has 0 spiro atoms. The minimum atomic E-state index is -0.396. The van der Waals surface area contributed by atoms with Gasteiger partial charge in [-0.3, -0.25) is 19.3 Å². The Labute approximate surface area is 156 Å². The summed E-state index contributed by atoms with van der Waals surface area (Å²) in [5, 5.41) is 3.74. The third-order valence-corrected chi connectivity index (χ3v) is 5.27. The first-order valence-corrected chi connectivity index (χ1v) is 8.88. The van der Waals surface area contributed by atoms with Crippen molar-refractivity contribution in [2.24, 2.45) is 11.8 Å². The molecular weight excluding hydrogens is 363 g/mol. The standard InChI is InChI=1S/C18H18Cl2N2O3/c1-10(12-7-6-11(19)8-15(12)20)21-16(23)9-22-17(24)13-4-2-3-5-14(13)18(22)25/h2-3,6-8,10,13-14H,4-5,9H2,1H3,(H,21,23)/t10-,13+,14+/m1/s1. The molecule has 7 heteroatoms. The second-order valence-corrected chi connectivity index (χ2v) is 7.22. The maximum atomic E-state index is 12.4. The summed E-state index contributed by atoms with van der Waals surface area (Å²) in [7, 11) is 0. The van der Waals surface area contributed by atoms with Gasteiger partial charge >= 0.3 is 0 Å². The van der Waals surface area contributed by atoms with Crippen molar-refractivity contribution in [3.63, 3.8) is 0 Å². The number of nitrogens with zero attached hydrogens (tertiary/aromatic N) is 1. The van der Waals surface area contributed by atoms with Crippen molar-refractivity contribution < 1.29 is 14.4 Å². The molecule has 1 fully saturated rings. The van der Waals surface area contributed by atoms with Gasteiger partial charge in [-0.15, -0.1) is 0 Å². The molecule has 3 atom stereocenters. The van der Waals surface area contributed by atoms with Crippen LogP contribution < -0.4 is 5.32 Å². The summed E-state index contributed by atoms with van der Waals surface area (Å²) in [4.78, 5) is 38.2. The number of hydrogen-bond donors (Lipinski definition) is 1. The number of allylic oxidation sites excluding steroid dienone is 2. The highest BCUT2D eigenvalue weighted by Gasteiger charge is 2.47. The van der Waals surface area contributed by atoms with Gasteiger partial charge in [0.25, 0.3) is 0 Å². The number of nitrogens with one attached hydrogen (secondary N) is 1. The van der Waals surface area contributed by atoms with Crippen LogP contribution in [-0.2, 0) is 14.4 Å². The molecule has 0 bridgehead atoms. The third-order valence-electron chi connectivity index (χ3n) is 4.71. The van der Waals surface area contributed by atoms with Gasteiger partial charge in [-0.1, -0.05) is 41.4 Å². The predicted molar refractivity (Wildman–Crippen MR) is 95.1 cm³/mol. The van der Waals surface area contributed by atoms with Gasteiger partial charge in [-0.25, -0.2) is 0 Å². The van der Waals surface area contributed by atoms with Crippen LogP contribution in [0.4, 0.5) is 0 Å². The number of imide groups is 1. The Morgan fingerprint density at radius 2 is 1.80 bits per heavy atom. The zero-order valence-electron chi connectivity index (χ0n) is 13.7. The number of rotatable bonds is 4. The minimum absolute atomic E-state index is 0.258. The van der Waals surface area contributed by atoms with Crippen molar-refractivity contribution in [2.45, 2.75) is 25.8 Å². The minimum Gasteiger partial charge on any atom is -0.348 e. The quantitative estimate of drug-likeness (QED) is 0.644. The fourth-order valence-corrected chi connectivity index (χ4v) is 3.96. The normalized spacial score (nSPS) is 23.6. The van der Waals surface area contributed by atoms with Crippen LogP contribution >= 0.6 is 23.2 Å². The van der Waals surface area contributed by atoms with Gasteiger partial charge < -0.3 is 5.32 Å². The van der Waals surface area contributed by atoms with E-state index in [0.29, 0.717) is 22.9 Å². The molecule has 0 radical (unpaired) electrons. The van der Waals surface area contributed by atoms with Gasteiger partial charge in [0.2, 0.25) is 17.7 Å². The lowest BCUT2D eigenvalue weighted by molar-refractivity contribution is -0.143. The van der Waals surface area contributed by atoms with Crippen LogP contribution in [0.25, 0.3) is 0 Å². The summed E-state index contributed by atoms with van der Waals surface area (Å²) in [5.74, 6) is -1.56. The lowest BCUT2D eigenvalue weighted by Crippen LogP contribution is -2.41.